The molecule has 0 bridgehead atoms. The molecule has 1 saturated heterocycles. The Morgan fingerprint density at radius 1 is 1.21 bits per heavy atom. The van der Waals surface area contributed by atoms with Crippen molar-refractivity contribution in [1.82, 2.24) is 9.88 Å². The van der Waals surface area contributed by atoms with E-state index in [1.807, 2.05) is 47.4 Å². The molecule has 146 valence electrons. The molecule has 7 heteroatoms. The Morgan fingerprint density at radius 3 is 2.89 bits per heavy atom. The number of nitrogens with one attached hydrogen (secondary N) is 1. The highest BCUT2D eigenvalue weighted by molar-refractivity contribution is 7.18. The number of amides is 2. The number of likely N-dealkylation sites (tertiary alicyclic amines) is 1. The number of ether oxygens (including phenoxy) is 2. The van der Waals surface area contributed by atoms with Gasteiger partial charge in [-0.3, -0.25) is 0 Å². The van der Waals surface area contributed by atoms with Gasteiger partial charge in [0.2, 0.25) is 0 Å². The number of hydrogen-bond acceptors (Lipinski definition) is 5. The van der Waals surface area contributed by atoms with Crippen LogP contribution in [0.4, 0.5) is 10.5 Å². The van der Waals surface area contributed by atoms with Crippen molar-refractivity contribution >= 4 is 33.3 Å². The van der Waals surface area contributed by atoms with Gasteiger partial charge in [0.15, 0.2) is 0 Å². The first kappa shape index (κ1) is 18.7. The highest BCUT2D eigenvalue weighted by Gasteiger charge is 2.32. The first-order valence-corrected chi connectivity index (χ1v) is 10.2. The predicted molar refractivity (Wildman–Crippen MR) is 111 cm³/mol. The molecule has 3 aromatic rings. The van der Waals surface area contributed by atoms with Gasteiger partial charge < -0.3 is 19.7 Å². The fourth-order valence-corrected chi connectivity index (χ4v) is 4.53. The summed E-state index contributed by atoms with van der Waals surface area (Å²) in [6.07, 6.45) is 1.90. The lowest BCUT2D eigenvalue weighted by Crippen LogP contribution is -2.34. The molecule has 2 amide bonds. The zero-order chi connectivity index (χ0) is 19.3. The molecule has 6 nitrogen and oxygen atoms in total. The Balaban J connectivity index is 1.50. The number of carbonyl (C=O) groups excluding carboxylic acids is 1. The molecule has 1 aliphatic rings. The molecule has 2 heterocycles. The number of aromatic nitrogens is 1. The lowest BCUT2D eigenvalue weighted by molar-refractivity contribution is 0.146. The van der Waals surface area contributed by atoms with E-state index in [2.05, 4.69) is 11.4 Å². The molecule has 2 aromatic carbocycles. The minimum absolute atomic E-state index is 0.0129. The summed E-state index contributed by atoms with van der Waals surface area (Å²) in [5.74, 6) is 0.642. The first-order valence-electron chi connectivity index (χ1n) is 9.40. The monoisotopic (exact) mass is 397 g/mol. The average Bonchev–Trinajstić information content (AvgIpc) is 3.36. The molecule has 1 N–H and O–H groups in total. The summed E-state index contributed by atoms with van der Waals surface area (Å²) in [5, 5.41) is 4.01. The zero-order valence-corrected chi connectivity index (χ0v) is 16.6. The normalized spacial score (nSPS) is 16.5. The highest BCUT2D eigenvalue weighted by atomic mass is 32.1. The average molecular weight is 398 g/mol. The smallest absolute Gasteiger partial charge is 0.322 e. The van der Waals surface area contributed by atoms with Crippen LogP contribution >= 0.6 is 11.3 Å². The number of fused-ring (bicyclic) bond motifs is 1. The van der Waals surface area contributed by atoms with E-state index >= 15 is 0 Å². The molecule has 0 radical (unpaired) electrons. The number of anilines is 1. The summed E-state index contributed by atoms with van der Waals surface area (Å²) < 4.78 is 11.9. The van der Waals surface area contributed by atoms with Crippen LogP contribution in [0.2, 0.25) is 0 Å². The van der Waals surface area contributed by atoms with Crippen LogP contribution in [0.25, 0.3) is 10.2 Å². The number of urea groups is 1. The zero-order valence-electron chi connectivity index (χ0n) is 15.8. The number of carbonyl (C=O) groups is 1. The molecular weight excluding hydrogens is 374 g/mol. The second-order valence-corrected chi connectivity index (χ2v) is 7.70. The van der Waals surface area contributed by atoms with Crippen molar-refractivity contribution in [3.05, 3.63) is 53.5 Å². The maximum atomic E-state index is 13.0. The minimum atomic E-state index is -0.121. The fourth-order valence-electron chi connectivity index (χ4n) is 3.42. The number of hydrogen-bond donors (Lipinski definition) is 1. The molecule has 1 aromatic heterocycles. The van der Waals surface area contributed by atoms with Gasteiger partial charge in [-0.1, -0.05) is 24.3 Å². The number of rotatable bonds is 6. The van der Waals surface area contributed by atoms with Crippen molar-refractivity contribution in [3.8, 4) is 5.75 Å². The summed E-state index contributed by atoms with van der Waals surface area (Å²) in [4.78, 5) is 19.6. The fraction of sp³-hybridized carbons (Fsp3) is 0.333. The van der Waals surface area contributed by atoms with Gasteiger partial charge in [-0.2, -0.15) is 0 Å². The number of thiazole rings is 1. The number of nitrogens with zero attached hydrogens (tertiary/aromatic N) is 2. The maximum Gasteiger partial charge on any atom is 0.322 e. The minimum Gasteiger partial charge on any atom is -0.489 e. The molecule has 4 rings (SSSR count). The van der Waals surface area contributed by atoms with Gasteiger partial charge in [-0.25, -0.2) is 9.78 Å². The molecule has 1 unspecified atom stereocenters. The Labute approximate surface area is 168 Å². The van der Waals surface area contributed by atoms with Crippen molar-refractivity contribution in [1.29, 1.82) is 0 Å². The van der Waals surface area contributed by atoms with Crippen molar-refractivity contribution in [3.63, 3.8) is 0 Å². The second-order valence-electron chi connectivity index (χ2n) is 6.64. The van der Waals surface area contributed by atoms with E-state index in [1.165, 1.54) is 0 Å². The van der Waals surface area contributed by atoms with Crippen molar-refractivity contribution in [2.45, 2.75) is 18.9 Å². The van der Waals surface area contributed by atoms with Gasteiger partial charge in [-0.15, -0.1) is 11.3 Å². The Morgan fingerprint density at radius 2 is 2.04 bits per heavy atom. The standard InChI is InChI=1S/C21H23N3O3S/c1-26-13-14-27-18-10-4-2-7-15(18)23-21(25)24-12-6-9-17(24)20-22-16-8-3-5-11-19(16)28-20/h2-5,7-8,10-11,17H,6,9,12-14H2,1H3,(H,23,25). The van der Waals surface area contributed by atoms with Gasteiger partial charge in [0.25, 0.3) is 0 Å². The number of para-hydroxylation sites is 3. The van der Waals surface area contributed by atoms with Crippen LogP contribution in [0.15, 0.2) is 48.5 Å². The molecule has 0 aliphatic carbocycles. The maximum absolute atomic E-state index is 13.0. The van der Waals surface area contributed by atoms with Crippen LogP contribution in [0.5, 0.6) is 5.75 Å². The van der Waals surface area contributed by atoms with Crippen LogP contribution in [0.1, 0.15) is 23.9 Å². The van der Waals surface area contributed by atoms with Crippen molar-refractivity contribution < 1.29 is 14.3 Å². The molecular formula is C21H23N3O3S. The van der Waals surface area contributed by atoms with E-state index in [0.29, 0.717) is 24.7 Å². The molecule has 0 spiro atoms. The third-order valence-electron chi connectivity index (χ3n) is 4.78. The molecule has 1 fully saturated rings. The quantitative estimate of drug-likeness (QED) is 0.613. The SMILES string of the molecule is COCCOc1ccccc1NC(=O)N1CCCC1c1nc2ccccc2s1. The lowest BCUT2D eigenvalue weighted by Gasteiger charge is -2.24. The highest BCUT2D eigenvalue weighted by Crippen LogP contribution is 2.37. The summed E-state index contributed by atoms with van der Waals surface area (Å²) >= 11 is 1.67. The van der Waals surface area contributed by atoms with E-state index < -0.39 is 0 Å². The van der Waals surface area contributed by atoms with Gasteiger partial charge >= 0.3 is 6.03 Å². The summed E-state index contributed by atoms with van der Waals surface area (Å²) in [7, 11) is 1.63. The Hall–Kier alpha value is -2.64. The van der Waals surface area contributed by atoms with E-state index in [0.717, 1.165) is 34.6 Å². The summed E-state index contributed by atoms with van der Waals surface area (Å²) in [6.45, 7) is 1.65. The van der Waals surface area contributed by atoms with Crippen molar-refractivity contribution in [2.75, 3.05) is 32.2 Å². The predicted octanol–water partition coefficient (Wildman–Crippen LogP) is 4.69. The number of benzene rings is 2. The summed E-state index contributed by atoms with van der Waals surface area (Å²) in [6, 6.07) is 15.5. The van der Waals surface area contributed by atoms with Crippen molar-refractivity contribution in [2.24, 2.45) is 0 Å². The van der Waals surface area contributed by atoms with Crippen LogP contribution in [-0.2, 0) is 4.74 Å². The topological polar surface area (TPSA) is 63.7 Å². The van der Waals surface area contributed by atoms with Crippen LogP contribution in [-0.4, -0.2) is 42.8 Å². The molecule has 28 heavy (non-hydrogen) atoms. The first-order chi connectivity index (χ1) is 13.8. The Bertz CT molecular complexity index is 926. The summed E-state index contributed by atoms with van der Waals surface area (Å²) in [5.41, 5.74) is 1.66. The van der Waals surface area contributed by atoms with Gasteiger partial charge in [0, 0.05) is 13.7 Å². The van der Waals surface area contributed by atoms with E-state index in [9.17, 15) is 4.79 Å². The molecule has 1 atom stereocenters. The van der Waals surface area contributed by atoms with E-state index in [1.54, 1.807) is 18.4 Å². The van der Waals surface area contributed by atoms with E-state index in [-0.39, 0.29) is 12.1 Å². The van der Waals surface area contributed by atoms with Gasteiger partial charge in [0.1, 0.15) is 17.4 Å². The number of methoxy groups -OCH3 is 1. The third kappa shape index (κ3) is 3.95. The largest absolute Gasteiger partial charge is 0.489 e. The Kier molecular flexibility index (Phi) is 5.73. The molecule has 0 saturated carbocycles. The molecule has 1 aliphatic heterocycles. The van der Waals surface area contributed by atoms with Crippen LogP contribution in [0, 0.1) is 0 Å². The van der Waals surface area contributed by atoms with Crippen LogP contribution in [0.3, 0.4) is 0 Å². The van der Waals surface area contributed by atoms with E-state index in [4.69, 9.17) is 14.5 Å². The van der Waals surface area contributed by atoms with Gasteiger partial charge in [0.05, 0.1) is 28.6 Å². The van der Waals surface area contributed by atoms with Gasteiger partial charge in [-0.05, 0) is 37.1 Å². The second kappa shape index (κ2) is 8.58. The lowest BCUT2D eigenvalue weighted by atomic mass is 10.2. The third-order valence-corrected chi connectivity index (χ3v) is 5.92. The van der Waals surface area contributed by atoms with Crippen LogP contribution < -0.4 is 10.1 Å².